The molecule has 0 heterocycles. The molecule has 5 heteroatoms. The second-order valence-corrected chi connectivity index (χ2v) is 8.53. The van der Waals surface area contributed by atoms with Crippen LogP contribution in [0.5, 0.6) is 0 Å². The first-order valence-electron chi connectivity index (χ1n) is 7.26. The molecule has 0 amide bonds. The van der Waals surface area contributed by atoms with Crippen LogP contribution in [0.4, 0.5) is 0 Å². The third kappa shape index (κ3) is 4.88. The molecule has 0 bridgehead atoms. The highest BCUT2D eigenvalue weighted by Crippen LogP contribution is 2.27. The lowest BCUT2D eigenvalue weighted by molar-refractivity contribution is 0.557. The molecule has 0 atom stereocenters. The van der Waals surface area contributed by atoms with Crippen LogP contribution in [0, 0.1) is 6.92 Å². The van der Waals surface area contributed by atoms with Gasteiger partial charge in [-0.1, -0.05) is 35.9 Å². The lowest BCUT2D eigenvalue weighted by Crippen LogP contribution is -2.12. The largest absolute Gasteiger partial charge is 0.383 e. The number of hydrogen-bond acceptors (Lipinski definition) is 4. The van der Waals surface area contributed by atoms with Crippen LogP contribution in [0.25, 0.3) is 0 Å². The quantitative estimate of drug-likeness (QED) is 0.741. The van der Waals surface area contributed by atoms with E-state index in [0.29, 0.717) is 15.6 Å². The summed E-state index contributed by atoms with van der Waals surface area (Å²) in [6.07, 6.45) is 1.68. The van der Waals surface area contributed by atoms with E-state index < -0.39 is 9.84 Å². The Morgan fingerprint density at radius 2 is 1.65 bits per heavy atom. The number of nitrogens with zero attached hydrogens (tertiary/aromatic N) is 1. The van der Waals surface area contributed by atoms with E-state index in [1.807, 2.05) is 51.4 Å². The molecule has 0 saturated heterocycles. The zero-order valence-corrected chi connectivity index (χ0v) is 15.2. The van der Waals surface area contributed by atoms with Crippen LogP contribution in [0.15, 0.2) is 75.5 Å². The SMILES string of the molecule is Cc1ccc(SC/C(=C/N(C)C)S(=O)(=O)c2ccccc2)cc1. The average molecular weight is 348 g/mol. The van der Waals surface area contributed by atoms with E-state index in [-0.39, 0.29) is 0 Å². The van der Waals surface area contributed by atoms with Crippen molar-refractivity contribution in [1.82, 2.24) is 4.90 Å². The summed E-state index contributed by atoms with van der Waals surface area (Å²) in [6.45, 7) is 2.03. The van der Waals surface area contributed by atoms with Gasteiger partial charge in [0.15, 0.2) is 0 Å². The lowest BCUT2D eigenvalue weighted by Gasteiger charge is -2.13. The van der Waals surface area contributed by atoms with Gasteiger partial charge in [-0.05, 0) is 31.2 Å². The monoisotopic (exact) mass is 347 g/mol. The lowest BCUT2D eigenvalue weighted by atomic mass is 10.2. The Labute approximate surface area is 142 Å². The van der Waals surface area contributed by atoms with Crippen molar-refractivity contribution < 1.29 is 8.42 Å². The molecule has 0 N–H and O–H groups in total. The first kappa shape index (κ1) is 17.6. The molecule has 2 rings (SSSR count). The second-order valence-electron chi connectivity index (χ2n) is 5.48. The minimum absolute atomic E-state index is 0.331. The zero-order valence-electron chi connectivity index (χ0n) is 13.6. The molecule has 2 aromatic carbocycles. The maximum atomic E-state index is 12.8. The van der Waals surface area contributed by atoms with Crippen molar-refractivity contribution >= 4 is 21.6 Å². The maximum absolute atomic E-state index is 12.8. The second kappa shape index (κ2) is 7.70. The summed E-state index contributed by atoms with van der Waals surface area (Å²) in [5, 5.41) is 0. The van der Waals surface area contributed by atoms with Crippen molar-refractivity contribution in [3.63, 3.8) is 0 Å². The van der Waals surface area contributed by atoms with Crippen LogP contribution in [0.2, 0.25) is 0 Å². The van der Waals surface area contributed by atoms with Gasteiger partial charge in [0.2, 0.25) is 9.84 Å². The van der Waals surface area contributed by atoms with Crippen LogP contribution < -0.4 is 0 Å². The molecule has 0 saturated carbocycles. The number of rotatable bonds is 6. The molecule has 2 aromatic rings. The van der Waals surface area contributed by atoms with Crippen molar-refractivity contribution in [2.75, 3.05) is 19.8 Å². The van der Waals surface area contributed by atoms with Crippen LogP contribution >= 0.6 is 11.8 Å². The van der Waals surface area contributed by atoms with E-state index in [0.717, 1.165) is 4.90 Å². The predicted octanol–water partition coefficient (Wildman–Crippen LogP) is 3.96. The highest BCUT2D eigenvalue weighted by atomic mass is 32.2. The fraction of sp³-hybridized carbons (Fsp3) is 0.222. The van der Waals surface area contributed by atoms with Gasteiger partial charge in [-0.3, -0.25) is 0 Å². The first-order valence-corrected chi connectivity index (χ1v) is 9.73. The van der Waals surface area contributed by atoms with Crippen LogP contribution in [-0.2, 0) is 9.84 Å². The van der Waals surface area contributed by atoms with Crippen molar-refractivity contribution in [2.45, 2.75) is 16.7 Å². The number of sulfone groups is 1. The molecule has 3 nitrogen and oxygen atoms in total. The van der Waals surface area contributed by atoms with Crippen LogP contribution in [0.1, 0.15) is 5.56 Å². The third-order valence-corrected chi connectivity index (χ3v) is 6.28. The first-order chi connectivity index (χ1) is 10.9. The van der Waals surface area contributed by atoms with Crippen LogP contribution in [0.3, 0.4) is 0 Å². The fourth-order valence-corrected chi connectivity index (χ4v) is 4.69. The molecule has 0 unspecified atom stereocenters. The standard InChI is InChI=1S/C18H21NO2S2/c1-15-9-11-16(12-10-15)22-14-18(13-19(2)3)23(20,21)17-7-5-4-6-8-17/h4-13H,14H2,1-3H3/b18-13-. The van der Waals surface area contributed by atoms with Gasteiger partial charge in [0, 0.05) is 30.9 Å². The summed E-state index contributed by atoms with van der Waals surface area (Å²) in [5.74, 6) is 0.401. The van der Waals surface area contributed by atoms with Gasteiger partial charge in [0.05, 0.1) is 9.80 Å². The molecule has 122 valence electrons. The van der Waals surface area contributed by atoms with Gasteiger partial charge in [0.1, 0.15) is 0 Å². The molecule has 0 aromatic heterocycles. The van der Waals surface area contributed by atoms with Gasteiger partial charge in [0.25, 0.3) is 0 Å². The van der Waals surface area contributed by atoms with Gasteiger partial charge in [-0.15, -0.1) is 11.8 Å². The Kier molecular flexibility index (Phi) is 5.91. The molecule has 0 spiro atoms. The third-order valence-electron chi connectivity index (χ3n) is 3.20. The summed E-state index contributed by atoms with van der Waals surface area (Å²) >= 11 is 1.53. The van der Waals surface area contributed by atoms with Crippen molar-refractivity contribution in [3.8, 4) is 0 Å². The minimum Gasteiger partial charge on any atom is -0.383 e. The highest BCUT2D eigenvalue weighted by molar-refractivity contribution is 8.02. The normalized spacial score (nSPS) is 12.2. The Morgan fingerprint density at radius 3 is 2.22 bits per heavy atom. The summed E-state index contributed by atoms with van der Waals surface area (Å²) in [4.78, 5) is 3.56. The highest BCUT2D eigenvalue weighted by Gasteiger charge is 2.21. The van der Waals surface area contributed by atoms with Gasteiger partial charge >= 0.3 is 0 Å². The average Bonchev–Trinajstić information content (AvgIpc) is 2.53. The summed E-state index contributed by atoms with van der Waals surface area (Å²) < 4.78 is 25.7. The topological polar surface area (TPSA) is 37.4 Å². The van der Waals surface area contributed by atoms with Gasteiger partial charge in [-0.25, -0.2) is 8.42 Å². The summed E-state index contributed by atoms with van der Waals surface area (Å²) in [7, 11) is 0.185. The Balaban J connectivity index is 2.26. The predicted molar refractivity (Wildman–Crippen MR) is 97.3 cm³/mol. The molecule has 0 aliphatic rings. The van der Waals surface area contributed by atoms with E-state index in [4.69, 9.17) is 0 Å². The summed E-state index contributed by atoms with van der Waals surface area (Å²) in [6, 6.07) is 16.7. The molecule has 0 aliphatic carbocycles. The Morgan fingerprint density at radius 1 is 1.04 bits per heavy atom. The minimum atomic E-state index is -3.48. The molecule has 23 heavy (non-hydrogen) atoms. The van der Waals surface area contributed by atoms with Crippen LogP contribution in [-0.4, -0.2) is 33.2 Å². The maximum Gasteiger partial charge on any atom is 0.205 e. The van der Waals surface area contributed by atoms with E-state index in [9.17, 15) is 8.42 Å². The van der Waals surface area contributed by atoms with Gasteiger partial charge in [-0.2, -0.15) is 0 Å². The van der Waals surface area contributed by atoms with E-state index in [1.165, 1.54) is 17.3 Å². The molecular weight excluding hydrogens is 326 g/mol. The van der Waals surface area contributed by atoms with E-state index in [1.54, 1.807) is 35.4 Å². The Hall–Kier alpha value is -1.72. The number of hydrogen-bond donors (Lipinski definition) is 0. The number of benzene rings is 2. The van der Waals surface area contributed by atoms with Gasteiger partial charge < -0.3 is 4.90 Å². The molecule has 0 fully saturated rings. The van der Waals surface area contributed by atoms with E-state index >= 15 is 0 Å². The smallest absolute Gasteiger partial charge is 0.205 e. The molecular formula is C18H21NO2S2. The number of aryl methyl sites for hydroxylation is 1. The zero-order chi connectivity index (χ0) is 16.9. The number of thioether (sulfide) groups is 1. The molecule has 0 radical (unpaired) electrons. The van der Waals surface area contributed by atoms with E-state index in [2.05, 4.69) is 0 Å². The van der Waals surface area contributed by atoms with Crippen molar-refractivity contribution in [2.24, 2.45) is 0 Å². The Bertz CT molecular complexity index is 764. The van der Waals surface area contributed by atoms with Crippen molar-refractivity contribution in [1.29, 1.82) is 0 Å². The van der Waals surface area contributed by atoms with Crippen molar-refractivity contribution in [3.05, 3.63) is 71.3 Å². The molecule has 0 aliphatic heterocycles. The fourth-order valence-electron chi connectivity index (χ4n) is 2.01. The summed E-state index contributed by atoms with van der Waals surface area (Å²) in [5.41, 5.74) is 1.19.